The number of amides is 1. The fourth-order valence-corrected chi connectivity index (χ4v) is 2.13. The van der Waals surface area contributed by atoms with Gasteiger partial charge in [-0.1, -0.05) is 12.1 Å². The van der Waals surface area contributed by atoms with Gasteiger partial charge in [-0.15, -0.1) is 0 Å². The molecular weight excluding hydrogens is 304 g/mol. The molecule has 0 bridgehead atoms. The molecule has 0 atom stereocenters. The highest BCUT2D eigenvalue weighted by atomic mass is 16.6. The summed E-state index contributed by atoms with van der Waals surface area (Å²) in [5.74, 6) is 0.386. The number of alkyl carbamates (subject to hydrolysis) is 1. The monoisotopic (exact) mass is 334 g/mol. The summed E-state index contributed by atoms with van der Waals surface area (Å²) in [7, 11) is 4.07. The van der Waals surface area contributed by atoms with Gasteiger partial charge < -0.3 is 15.0 Å². The van der Waals surface area contributed by atoms with E-state index in [9.17, 15) is 4.79 Å². The molecule has 0 unspecified atom stereocenters. The Morgan fingerprint density at radius 3 is 2.50 bits per heavy atom. The topological polar surface area (TPSA) is 66.0 Å². The van der Waals surface area contributed by atoms with E-state index in [1.54, 1.807) is 0 Å². The lowest BCUT2D eigenvalue weighted by Gasteiger charge is -2.21. The third-order valence-electron chi connectivity index (χ3n) is 3.12. The number of nitrogens with zero attached hydrogens (tertiary/aromatic N) is 2. The first-order valence-electron chi connectivity index (χ1n) is 8.17. The van der Waals surface area contributed by atoms with E-state index in [1.165, 1.54) is 5.56 Å². The number of benzene rings is 1. The Balaban J connectivity index is 2.90. The van der Waals surface area contributed by atoms with Crippen LogP contribution >= 0.6 is 0 Å². The van der Waals surface area contributed by atoms with Crippen molar-refractivity contribution in [2.24, 2.45) is 4.99 Å². The molecule has 0 fully saturated rings. The molecule has 1 rings (SSSR count). The fraction of sp³-hybridized carbons (Fsp3) is 0.556. The van der Waals surface area contributed by atoms with Gasteiger partial charge in [0.1, 0.15) is 5.60 Å². The third-order valence-corrected chi connectivity index (χ3v) is 3.12. The van der Waals surface area contributed by atoms with E-state index >= 15 is 0 Å². The summed E-state index contributed by atoms with van der Waals surface area (Å²) in [6.07, 6.45) is -0.524. The van der Waals surface area contributed by atoms with Crippen LogP contribution in [0.1, 0.15) is 38.8 Å². The van der Waals surface area contributed by atoms with E-state index in [4.69, 9.17) is 4.74 Å². The largest absolute Gasteiger partial charge is 0.444 e. The number of ether oxygens (including phenoxy) is 1. The lowest BCUT2D eigenvalue weighted by atomic mass is 10.1. The highest BCUT2D eigenvalue weighted by Crippen LogP contribution is 2.20. The molecule has 0 aliphatic carbocycles. The SMILES string of the molecule is CCN=C(NC(=O)OC(C)(C)C)Nc1cccc(CN(C)C)c1C. The molecule has 134 valence electrons. The number of aliphatic imine (C=N–C) groups is 1. The first-order valence-corrected chi connectivity index (χ1v) is 8.17. The minimum atomic E-state index is -0.553. The van der Waals surface area contributed by atoms with E-state index in [2.05, 4.69) is 33.5 Å². The normalized spacial score (nSPS) is 12.2. The van der Waals surface area contributed by atoms with Gasteiger partial charge in [-0.05, 0) is 65.9 Å². The predicted octanol–water partition coefficient (Wildman–Crippen LogP) is 3.37. The van der Waals surface area contributed by atoms with Crippen molar-refractivity contribution < 1.29 is 9.53 Å². The van der Waals surface area contributed by atoms with Crippen molar-refractivity contribution in [2.75, 3.05) is 26.0 Å². The Morgan fingerprint density at radius 1 is 1.29 bits per heavy atom. The maximum atomic E-state index is 12.0. The highest BCUT2D eigenvalue weighted by molar-refractivity contribution is 6.02. The molecule has 0 aliphatic rings. The van der Waals surface area contributed by atoms with Crippen LogP contribution in [0.2, 0.25) is 0 Å². The van der Waals surface area contributed by atoms with Gasteiger partial charge in [0, 0.05) is 18.8 Å². The van der Waals surface area contributed by atoms with E-state index in [0.717, 1.165) is 17.8 Å². The number of rotatable bonds is 4. The van der Waals surface area contributed by atoms with Crippen molar-refractivity contribution in [1.82, 2.24) is 10.2 Å². The van der Waals surface area contributed by atoms with Gasteiger partial charge in [0.05, 0.1) is 0 Å². The molecule has 0 saturated heterocycles. The molecule has 6 heteroatoms. The van der Waals surface area contributed by atoms with Gasteiger partial charge in [-0.2, -0.15) is 0 Å². The van der Waals surface area contributed by atoms with E-state index in [0.29, 0.717) is 12.5 Å². The highest BCUT2D eigenvalue weighted by Gasteiger charge is 2.18. The summed E-state index contributed by atoms with van der Waals surface area (Å²) < 4.78 is 5.28. The Hall–Kier alpha value is -2.08. The minimum absolute atomic E-state index is 0.386. The van der Waals surface area contributed by atoms with Crippen LogP contribution in [-0.4, -0.2) is 43.2 Å². The van der Waals surface area contributed by atoms with E-state index < -0.39 is 11.7 Å². The van der Waals surface area contributed by atoms with Crippen LogP contribution in [-0.2, 0) is 11.3 Å². The van der Waals surface area contributed by atoms with Crippen LogP contribution in [0.5, 0.6) is 0 Å². The Kier molecular flexibility index (Phi) is 7.22. The van der Waals surface area contributed by atoms with Gasteiger partial charge in [-0.3, -0.25) is 10.3 Å². The molecule has 1 aromatic carbocycles. The smallest absolute Gasteiger partial charge is 0.414 e. The zero-order valence-corrected chi connectivity index (χ0v) is 15.9. The number of anilines is 1. The first kappa shape index (κ1) is 20.0. The predicted molar refractivity (Wildman–Crippen MR) is 99.5 cm³/mol. The number of guanidine groups is 1. The van der Waals surface area contributed by atoms with Crippen LogP contribution < -0.4 is 10.6 Å². The van der Waals surface area contributed by atoms with Crippen molar-refractivity contribution in [3.8, 4) is 0 Å². The minimum Gasteiger partial charge on any atom is -0.444 e. The summed E-state index contributed by atoms with van der Waals surface area (Å²) in [5, 5.41) is 5.88. The van der Waals surface area contributed by atoms with Gasteiger partial charge in [0.15, 0.2) is 0 Å². The van der Waals surface area contributed by atoms with Gasteiger partial charge in [0.2, 0.25) is 5.96 Å². The van der Waals surface area contributed by atoms with Crippen LogP contribution in [0.15, 0.2) is 23.2 Å². The van der Waals surface area contributed by atoms with E-state index in [1.807, 2.05) is 53.9 Å². The molecule has 0 aliphatic heterocycles. The standard InChI is InChI=1S/C18H30N4O2/c1-8-19-16(21-17(23)24-18(3,4)5)20-15-11-9-10-14(13(15)2)12-22(6)7/h9-11H,8,12H2,1-7H3,(H2,19,20,21,23). The fourth-order valence-electron chi connectivity index (χ4n) is 2.13. The number of hydrogen-bond acceptors (Lipinski definition) is 4. The average Bonchev–Trinajstić information content (AvgIpc) is 2.40. The van der Waals surface area contributed by atoms with Crippen LogP contribution in [0.25, 0.3) is 0 Å². The molecule has 1 amide bonds. The second-order valence-electron chi connectivity index (χ2n) is 6.90. The Bertz CT molecular complexity index is 589. The summed E-state index contributed by atoms with van der Waals surface area (Å²) >= 11 is 0. The number of nitrogens with one attached hydrogen (secondary N) is 2. The van der Waals surface area contributed by atoms with Crippen molar-refractivity contribution in [3.05, 3.63) is 29.3 Å². The zero-order chi connectivity index (χ0) is 18.3. The summed E-state index contributed by atoms with van der Waals surface area (Å²) in [6, 6.07) is 6.06. The van der Waals surface area contributed by atoms with Crippen LogP contribution in [0.4, 0.5) is 10.5 Å². The molecule has 0 aromatic heterocycles. The molecule has 6 nitrogen and oxygen atoms in total. The molecule has 24 heavy (non-hydrogen) atoms. The molecule has 0 heterocycles. The average molecular weight is 334 g/mol. The molecule has 1 aromatic rings. The zero-order valence-electron chi connectivity index (χ0n) is 15.9. The molecular formula is C18H30N4O2. The Labute approximate surface area is 145 Å². The summed E-state index contributed by atoms with van der Waals surface area (Å²) in [5.41, 5.74) is 2.71. The third kappa shape index (κ3) is 7.00. The quantitative estimate of drug-likeness (QED) is 0.654. The van der Waals surface area contributed by atoms with Crippen molar-refractivity contribution in [1.29, 1.82) is 0 Å². The van der Waals surface area contributed by atoms with E-state index in [-0.39, 0.29) is 0 Å². The van der Waals surface area contributed by atoms with Crippen molar-refractivity contribution in [3.63, 3.8) is 0 Å². The molecule has 0 saturated carbocycles. The van der Waals surface area contributed by atoms with Gasteiger partial charge in [-0.25, -0.2) is 4.79 Å². The molecule has 0 spiro atoms. The van der Waals surface area contributed by atoms with Gasteiger partial charge >= 0.3 is 6.09 Å². The number of hydrogen-bond donors (Lipinski definition) is 2. The molecule has 0 radical (unpaired) electrons. The van der Waals surface area contributed by atoms with Crippen LogP contribution in [0, 0.1) is 6.92 Å². The maximum absolute atomic E-state index is 12.0. The van der Waals surface area contributed by atoms with Crippen LogP contribution in [0.3, 0.4) is 0 Å². The maximum Gasteiger partial charge on any atom is 0.414 e. The lowest BCUT2D eigenvalue weighted by molar-refractivity contribution is 0.0563. The first-order chi connectivity index (χ1) is 11.1. The molecule has 2 N–H and O–H groups in total. The number of carbonyl (C=O) groups excluding carboxylic acids is 1. The summed E-state index contributed by atoms with van der Waals surface area (Å²) in [6.45, 7) is 10.8. The van der Waals surface area contributed by atoms with Gasteiger partial charge in [0.25, 0.3) is 0 Å². The second-order valence-corrected chi connectivity index (χ2v) is 6.90. The Morgan fingerprint density at radius 2 is 1.96 bits per heavy atom. The van der Waals surface area contributed by atoms with Crippen molar-refractivity contribution >= 4 is 17.7 Å². The lowest BCUT2D eigenvalue weighted by Crippen LogP contribution is -2.40. The summed E-state index contributed by atoms with van der Waals surface area (Å²) in [4.78, 5) is 18.4. The second kappa shape index (κ2) is 8.68. The number of carbonyl (C=O) groups is 1. The van der Waals surface area contributed by atoms with Crippen molar-refractivity contribution in [2.45, 2.75) is 46.8 Å².